The Morgan fingerprint density at radius 2 is 2.12 bits per heavy atom. The highest BCUT2D eigenvalue weighted by Gasteiger charge is 2.35. The number of pyridine rings is 1. The molecule has 0 spiro atoms. The molecule has 0 bridgehead atoms. The predicted octanol–water partition coefficient (Wildman–Crippen LogP) is 2.03. The van der Waals surface area contributed by atoms with E-state index in [0.717, 1.165) is 24.8 Å². The second kappa shape index (κ2) is 6.81. The predicted molar refractivity (Wildman–Crippen MR) is 96.3 cm³/mol. The SMILES string of the molecule is O=S(=O)(c1cccc2cncc(Cl)c12)N1CCC(NC2CCOC2)C1. The van der Waals surface area contributed by atoms with Crippen LogP contribution in [0.2, 0.25) is 5.02 Å². The highest BCUT2D eigenvalue weighted by molar-refractivity contribution is 7.89. The Bertz CT molecular complexity index is 879. The first-order valence-electron chi connectivity index (χ1n) is 8.42. The van der Waals surface area contributed by atoms with Crippen molar-refractivity contribution in [1.82, 2.24) is 14.6 Å². The molecule has 0 amide bonds. The van der Waals surface area contributed by atoms with E-state index in [4.69, 9.17) is 16.3 Å². The average Bonchev–Trinajstić information content (AvgIpc) is 3.27. The minimum atomic E-state index is -3.60. The molecular formula is C17H20ClN3O3S. The Labute approximate surface area is 152 Å². The number of halogens is 1. The fourth-order valence-corrected chi connectivity index (χ4v) is 5.65. The zero-order chi connectivity index (χ0) is 17.4. The summed E-state index contributed by atoms with van der Waals surface area (Å²) in [5.41, 5.74) is 0. The number of aromatic nitrogens is 1. The van der Waals surface area contributed by atoms with Crippen LogP contribution in [0.1, 0.15) is 12.8 Å². The second-order valence-electron chi connectivity index (χ2n) is 6.55. The molecule has 2 aromatic rings. The molecular weight excluding hydrogens is 362 g/mol. The zero-order valence-corrected chi connectivity index (χ0v) is 15.3. The standard InChI is InChI=1S/C17H20ClN3O3S/c18-15-9-19-8-12-2-1-3-16(17(12)15)25(22,23)21-6-4-13(10-21)20-14-5-7-24-11-14/h1-3,8-9,13-14,20H,4-7,10-11H2. The summed E-state index contributed by atoms with van der Waals surface area (Å²) >= 11 is 6.25. The molecule has 6 nitrogen and oxygen atoms in total. The van der Waals surface area contributed by atoms with Gasteiger partial charge in [-0.15, -0.1) is 0 Å². The summed E-state index contributed by atoms with van der Waals surface area (Å²) in [6.07, 6.45) is 4.90. The van der Waals surface area contributed by atoms with E-state index in [0.29, 0.717) is 36.1 Å². The van der Waals surface area contributed by atoms with Gasteiger partial charge < -0.3 is 10.1 Å². The van der Waals surface area contributed by atoms with E-state index in [-0.39, 0.29) is 10.9 Å². The average molecular weight is 382 g/mol. The van der Waals surface area contributed by atoms with Crippen molar-refractivity contribution in [2.75, 3.05) is 26.3 Å². The van der Waals surface area contributed by atoms with E-state index in [1.807, 2.05) is 6.07 Å². The van der Waals surface area contributed by atoms with Gasteiger partial charge in [0.15, 0.2) is 0 Å². The van der Waals surface area contributed by atoms with Crippen molar-refractivity contribution in [3.8, 4) is 0 Å². The third kappa shape index (κ3) is 3.27. The van der Waals surface area contributed by atoms with Crippen LogP contribution in [-0.2, 0) is 14.8 Å². The molecule has 2 fully saturated rings. The van der Waals surface area contributed by atoms with E-state index < -0.39 is 10.0 Å². The molecule has 25 heavy (non-hydrogen) atoms. The van der Waals surface area contributed by atoms with Gasteiger partial charge in [-0.1, -0.05) is 23.7 Å². The van der Waals surface area contributed by atoms with Gasteiger partial charge in [0.25, 0.3) is 0 Å². The van der Waals surface area contributed by atoms with Crippen LogP contribution in [0.4, 0.5) is 0 Å². The summed E-state index contributed by atoms with van der Waals surface area (Å²) in [7, 11) is -3.60. The van der Waals surface area contributed by atoms with Gasteiger partial charge in [0.1, 0.15) is 0 Å². The van der Waals surface area contributed by atoms with Crippen LogP contribution < -0.4 is 5.32 Å². The van der Waals surface area contributed by atoms with Gasteiger partial charge in [0, 0.05) is 54.9 Å². The molecule has 2 unspecified atom stereocenters. The van der Waals surface area contributed by atoms with Gasteiger partial charge in [0.05, 0.1) is 16.5 Å². The van der Waals surface area contributed by atoms with Crippen molar-refractivity contribution in [3.63, 3.8) is 0 Å². The molecule has 4 rings (SSSR count). The minimum absolute atomic E-state index is 0.161. The van der Waals surface area contributed by atoms with Crippen LogP contribution >= 0.6 is 11.6 Å². The van der Waals surface area contributed by atoms with Crippen molar-refractivity contribution in [2.45, 2.75) is 29.8 Å². The summed E-state index contributed by atoms with van der Waals surface area (Å²) in [5.74, 6) is 0. The maximum Gasteiger partial charge on any atom is 0.243 e. The first-order chi connectivity index (χ1) is 12.1. The van der Waals surface area contributed by atoms with Crippen molar-refractivity contribution in [1.29, 1.82) is 0 Å². The molecule has 1 N–H and O–H groups in total. The summed E-state index contributed by atoms with van der Waals surface area (Å²) < 4.78 is 33.3. The second-order valence-corrected chi connectivity index (χ2v) is 8.86. The topological polar surface area (TPSA) is 71.5 Å². The van der Waals surface area contributed by atoms with E-state index in [1.54, 1.807) is 22.6 Å². The lowest BCUT2D eigenvalue weighted by molar-refractivity contribution is 0.188. The quantitative estimate of drug-likeness (QED) is 0.877. The van der Waals surface area contributed by atoms with E-state index in [1.165, 1.54) is 6.20 Å². The smallest absolute Gasteiger partial charge is 0.243 e. The Hall–Kier alpha value is -1.25. The van der Waals surface area contributed by atoms with Gasteiger partial charge in [-0.3, -0.25) is 4.98 Å². The third-order valence-corrected chi connectivity index (χ3v) is 7.06. The van der Waals surface area contributed by atoms with E-state index >= 15 is 0 Å². The molecule has 0 aliphatic carbocycles. The number of nitrogens with zero attached hydrogens (tertiary/aromatic N) is 2. The van der Waals surface area contributed by atoms with Gasteiger partial charge in [-0.2, -0.15) is 4.31 Å². The minimum Gasteiger partial charge on any atom is -0.380 e. The lowest BCUT2D eigenvalue weighted by atomic mass is 10.2. The molecule has 134 valence electrons. The number of hydrogen-bond donors (Lipinski definition) is 1. The number of ether oxygens (including phenoxy) is 1. The summed E-state index contributed by atoms with van der Waals surface area (Å²) in [6, 6.07) is 5.66. The largest absolute Gasteiger partial charge is 0.380 e. The Morgan fingerprint density at radius 1 is 1.24 bits per heavy atom. The van der Waals surface area contributed by atoms with Crippen LogP contribution in [-0.4, -0.2) is 56.1 Å². The summed E-state index contributed by atoms with van der Waals surface area (Å²) in [4.78, 5) is 4.29. The highest BCUT2D eigenvalue weighted by Crippen LogP contribution is 2.32. The number of hydrogen-bond acceptors (Lipinski definition) is 5. The highest BCUT2D eigenvalue weighted by atomic mass is 35.5. The molecule has 2 aliphatic rings. The van der Waals surface area contributed by atoms with Crippen molar-refractivity contribution < 1.29 is 13.2 Å². The fourth-order valence-electron chi connectivity index (χ4n) is 3.59. The van der Waals surface area contributed by atoms with Gasteiger partial charge in [0.2, 0.25) is 10.0 Å². The monoisotopic (exact) mass is 381 g/mol. The molecule has 2 atom stereocenters. The number of sulfonamides is 1. The summed E-state index contributed by atoms with van der Waals surface area (Å²) in [5, 5.41) is 5.14. The zero-order valence-electron chi connectivity index (χ0n) is 13.7. The lowest BCUT2D eigenvalue weighted by Gasteiger charge is -2.20. The first-order valence-corrected chi connectivity index (χ1v) is 10.2. The number of fused-ring (bicyclic) bond motifs is 1. The van der Waals surface area contributed by atoms with Crippen LogP contribution in [0.15, 0.2) is 35.5 Å². The Balaban J connectivity index is 1.60. The maximum absolute atomic E-state index is 13.2. The van der Waals surface area contributed by atoms with Crippen molar-refractivity contribution in [3.05, 3.63) is 35.6 Å². The molecule has 3 heterocycles. The van der Waals surface area contributed by atoms with Crippen LogP contribution in [0, 0.1) is 0 Å². The number of benzene rings is 1. The molecule has 8 heteroatoms. The molecule has 0 saturated carbocycles. The normalized spacial score (nSPS) is 25.0. The third-order valence-electron chi connectivity index (χ3n) is 4.87. The van der Waals surface area contributed by atoms with Crippen molar-refractivity contribution >= 4 is 32.4 Å². The molecule has 1 aromatic heterocycles. The molecule has 0 radical (unpaired) electrons. The first kappa shape index (κ1) is 17.2. The summed E-state index contributed by atoms with van der Waals surface area (Å²) in [6.45, 7) is 2.45. The van der Waals surface area contributed by atoms with E-state index in [2.05, 4.69) is 10.3 Å². The molecule has 1 aromatic carbocycles. The van der Waals surface area contributed by atoms with Crippen LogP contribution in [0.5, 0.6) is 0 Å². The van der Waals surface area contributed by atoms with Gasteiger partial charge in [-0.05, 0) is 18.9 Å². The van der Waals surface area contributed by atoms with Gasteiger partial charge >= 0.3 is 0 Å². The number of rotatable bonds is 4. The Morgan fingerprint density at radius 3 is 2.92 bits per heavy atom. The lowest BCUT2D eigenvalue weighted by Crippen LogP contribution is -2.41. The van der Waals surface area contributed by atoms with Gasteiger partial charge in [-0.25, -0.2) is 8.42 Å². The van der Waals surface area contributed by atoms with Crippen molar-refractivity contribution in [2.24, 2.45) is 0 Å². The number of nitrogens with one attached hydrogen (secondary N) is 1. The maximum atomic E-state index is 13.2. The molecule has 2 aliphatic heterocycles. The Kier molecular flexibility index (Phi) is 4.68. The van der Waals surface area contributed by atoms with Crippen LogP contribution in [0.3, 0.4) is 0 Å². The molecule has 2 saturated heterocycles. The van der Waals surface area contributed by atoms with E-state index in [9.17, 15) is 8.42 Å². The van der Waals surface area contributed by atoms with Crippen LogP contribution in [0.25, 0.3) is 10.8 Å². The fraction of sp³-hybridized carbons (Fsp3) is 0.471.